The van der Waals surface area contributed by atoms with Crippen molar-refractivity contribution in [2.24, 2.45) is 0 Å². The number of ether oxygens (including phenoxy) is 1. The van der Waals surface area contributed by atoms with Gasteiger partial charge in [0.25, 0.3) is 0 Å². The van der Waals surface area contributed by atoms with Crippen molar-refractivity contribution in [1.29, 1.82) is 0 Å². The van der Waals surface area contributed by atoms with Gasteiger partial charge < -0.3 is 0 Å². The first-order valence-electron chi connectivity index (χ1n) is 3.97. The van der Waals surface area contributed by atoms with Gasteiger partial charge in [0.2, 0.25) is 0 Å². The molecule has 0 fully saturated rings. The summed E-state index contributed by atoms with van der Waals surface area (Å²) in [5.41, 5.74) is 1.39. The van der Waals surface area contributed by atoms with Crippen molar-refractivity contribution in [2.75, 3.05) is 7.11 Å². The van der Waals surface area contributed by atoms with Crippen molar-refractivity contribution in [1.82, 2.24) is 0 Å². The van der Waals surface area contributed by atoms with Crippen LogP contribution in [0.1, 0.15) is 19.4 Å². The van der Waals surface area contributed by atoms with Crippen molar-refractivity contribution in [3.63, 3.8) is 0 Å². The van der Waals surface area contributed by atoms with Crippen molar-refractivity contribution in [3.05, 3.63) is 29.8 Å². The molecule has 1 aromatic rings. The average Bonchev–Trinajstić information content (AvgIpc) is 2.03. The maximum absolute atomic E-state index is 5.09. The summed E-state index contributed by atoms with van der Waals surface area (Å²) in [5, 5.41) is 0. The third-order valence-electron chi connectivity index (χ3n) is 1.83. The molecule has 0 heterocycles. The predicted molar refractivity (Wildman–Crippen MR) is 54.6 cm³/mol. The van der Waals surface area contributed by atoms with Crippen molar-refractivity contribution in [3.8, 4) is 5.75 Å². The van der Waals surface area contributed by atoms with Crippen LogP contribution in [0.15, 0.2) is 24.3 Å². The van der Waals surface area contributed by atoms with Gasteiger partial charge in [-0.1, -0.05) is 0 Å². The van der Waals surface area contributed by atoms with Gasteiger partial charge in [-0.2, -0.15) is 0 Å². The molecule has 0 aliphatic carbocycles. The Kier molecular flexibility index (Phi) is 3.06. The number of benzene rings is 1. The first kappa shape index (κ1) is 9.92. The van der Waals surface area contributed by atoms with Gasteiger partial charge in [-0.25, -0.2) is 0 Å². The molecular weight excluding hydrogens is 258 g/mol. The first-order valence-corrected chi connectivity index (χ1v) is 5.62. The topological polar surface area (TPSA) is 9.23 Å². The van der Waals surface area contributed by atoms with E-state index in [4.69, 9.17) is 4.74 Å². The van der Waals surface area contributed by atoms with Gasteiger partial charge in [0.15, 0.2) is 0 Å². The molecule has 0 aliphatic heterocycles. The van der Waals surface area contributed by atoms with E-state index in [2.05, 4.69) is 26.0 Å². The first-order chi connectivity index (χ1) is 5.54. The minimum atomic E-state index is 0.358. The van der Waals surface area contributed by atoms with E-state index in [0.29, 0.717) is 3.36 Å². The Balaban J connectivity index is 2.93. The van der Waals surface area contributed by atoms with Crippen LogP contribution < -0.4 is 4.74 Å². The van der Waals surface area contributed by atoms with Gasteiger partial charge in [0, 0.05) is 0 Å². The van der Waals surface area contributed by atoms with Crippen LogP contribution in [0.2, 0.25) is 0 Å². The summed E-state index contributed by atoms with van der Waals surface area (Å²) < 4.78 is 5.45. The molecule has 1 aromatic carbocycles. The molecule has 12 heavy (non-hydrogen) atoms. The second-order valence-corrected chi connectivity index (χ2v) is 7.57. The fourth-order valence-electron chi connectivity index (χ4n) is 1.02. The normalized spacial score (nSPS) is 11.3. The fourth-order valence-corrected chi connectivity index (χ4v) is 1.57. The second kappa shape index (κ2) is 3.70. The zero-order chi connectivity index (χ0) is 9.19. The van der Waals surface area contributed by atoms with Gasteiger partial charge >= 0.3 is 87.7 Å². The molecule has 0 radical (unpaired) electrons. The summed E-state index contributed by atoms with van der Waals surface area (Å²) in [6.45, 7) is 4.52. The van der Waals surface area contributed by atoms with E-state index in [-0.39, 0.29) is 0 Å². The molecule has 0 saturated carbocycles. The summed E-state index contributed by atoms with van der Waals surface area (Å²) in [4.78, 5) is 0. The van der Waals surface area contributed by atoms with Gasteiger partial charge in [0.05, 0.1) is 0 Å². The van der Waals surface area contributed by atoms with Crippen LogP contribution >= 0.6 is 0 Å². The van der Waals surface area contributed by atoms with E-state index in [1.807, 2.05) is 12.1 Å². The molecule has 0 amide bonds. The molecule has 1 rings (SSSR count). The Labute approximate surface area is 87.6 Å². The molecule has 0 spiro atoms. The molecule has 0 aromatic heterocycles. The van der Waals surface area contributed by atoms with E-state index in [1.165, 1.54) is 28.6 Å². The Morgan fingerprint density at radius 3 is 2.00 bits per heavy atom. The third-order valence-corrected chi connectivity index (χ3v) is 2.79. The van der Waals surface area contributed by atoms with Crippen LogP contribution in [0.5, 0.6) is 5.75 Å². The summed E-state index contributed by atoms with van der Waals surface area (Å²) in [6.07, 6.45) is 0. The molecule has 0 unspecified atom stereocenters. The van der Waals surface area contributed by atoms with Crippen LogP contribution in [0.3, 0.4) is 0 Å². The molecule has 0 N–H and O–H groups in total. The Hall–Kier alpha value is -0.162. The Bertz CT molecular complexity index is 246. The van der Waals surface area contributed by atoms with Crippen molar-refractivity contribution < 1.29 is 4.74 Å². The summed E-state index contributed by atoms with van der Waals surface area (Å²) in [6, 6.07) is 8.33. The van der Waals surface area contributed by atoms with E-state index in [9.17, 15) is 0 Å². The minimum absolute atomic E-state index is 0.358. The number of hydrogen-bond acceptors (Lipinski definition) is 1. The summed E-state index contributed by atoms with van der Waals surface area (Å²) in [5.74, 6) is 0.934. The second-order valence-electron chi connectivity index (χ2n) is 3.45. The van der Waals surface area contributed by atoms with E-state index >= 15 is 0 Å². The van der Waals surface area contributed by atoms with Crippen LogP contribution in [0, 0.1) is 0 Å². The van der Waals surface area contributed by atoms with E-state index in [1.54, 1.807) is 7.11 Å². The standard InChI is InChI=1S/C10H13O.Sb.2H/c1-8(2)9-4-6-10(11-3)7-5-9;;;/h4-7H,1-3H3;;;. The molecular formula is C10H15OSb. The van der Waals surface area contributed by atoms with E-state index < -0.39 is 0 Å². The number of methoxy groups -OCH3 is 1. The molecule has 1 nitrogen and oxygen atoms in total. The quantitative estimate of drug-likeness (QED) is 0.743. The van der Waals surface area contributed by atoms with Gasteiger partial charge in [0.1, 0.15) is 0 Å². The molecule has 2 heteroatoms. The Morgan fingerprint density at radius 2 is 1.67 bits per heavy atom. The Morgan fingerprint density at radius 1 is 1.17 bits per heavy atom. The van der Waals surface area contributed by atoms with Gasteiger partial charge in [-0.05, 0) is 0 Å². The van der Waals surface area contributed by atoms with Crippen LogP contribution in [0.25, 0.3) is 0 Å². The predicted octanol–water partition coefficient (Wildman–Crippen LogP) is 1.56. The molecule has 0 aliphatic rings. The zero-order valence-corrected chi connectivity index (χ0v) is 11.1. The monoisotopic (exact) mass is 272 g/mol. The maximum atomic E-state index is 5.09. The number of hydrogen-bond donors (Lipinski definition) is 0. The molecule has 0 saturated heterocycles. The van der Waals surface area contributed by atoms with E-state index in [0.717, 1.165) is 5.75 Å². The van der Waals surface area contributed by atoms with Crippen molar-refractivity contribution in [2.45, 2.75) is 17.2 Å². The van der Waals surface area contributed by atoms with Crippen LogP contribution in [-0.4, -0.2) is 30.1 Å². The van der Waals surface area contributed by atoms with Crippen molar-refractivity contribution >= 4 is 23.0 Å². The fraction of sp³-hybridized carbons (Fsp3) is 0.400. The number of rotatable bonds is 2. The zero-order valence-electron chi connectivity index (χ0n) is 7.79. The van der Waals surface area contributed by atoms with Crippen LogP contribution in [0.4, 0.5) is 0 Å². The van der Waals surface area contributed by atoms with Gasteiger partial charge in [-0.3, -0.25) is 0 Å². The summed E-state index contributed by atoms with van der Waals surface area (Å²) in [7, 11) is 1.69. The van der Waals surface area contributed by atoms with Crippen LogP contribution in [-0.2, 0) is 3.36 Å². The molecule has 0 atom stereocenters. The average molecular weight is 273 g/mol. The summed E-state index contributed by atoms with van der Waals surface area (Å²) >= 11 is 1.24. The third kappa shape index (κ3) is 2.42. The molecule has 0 bridgehead atoms. The van der Waals surface area contributed by atoms with Gasteiger partial charge in [-0.15, -0.1) is 0 Å². The molecule has 66 valence electrons. The SMILES string of the molecule is COc1ccc([C](C)(C)[SbH2])cc1.